The maximum Gasteiger partial charge on any atom is 0.271 e. The quantitative estimate of drug-likeness (QED) is 0.0121. The lowest BCUT2D eigenvalue weighted by Gasteiger charge is -2.21. The van der Waals surface area contributed by atoms with Crippen molar-refractivity contribution in [2.24, 2.45) is 15.7 Å². The summed E-state index contributed by atoms with van der Waals surface area (Å²) >= 11 is 16.8. The van der Waals surface area contributed by atoms with Crippen molar-refractivity contribution in [3.05, 3.63) is 208 Å². The molecule has 6 aromatic carbocycles. The van der Waals surface area contributed by atoms with Crippen LogP contribution < -0.4 is 55.8 Å². The molecule has 1 amide bonds. The minimum Gasteiger partial charge on any atom is -0.485 e. The smallest absolute Gasteiger partial charge is 0.271 e. The van der Waals surface area contributed by atoms with Gasteiger partial charge in [-0.1, -0.05) is 52.8 Å². The Hall–Kier alpha value is -8.45. The molecule has 0 radical (unpaired) electrons. The Labute approximate surface area is 709 Å². The van der Waals surface area contributed by atoms with Gasteiger partial charge < -0.3 is 74.8 Å². The van der Waals surface area contributed by atoms with E-state index in [2.05, 4.69) is 65.1 Å². The molecule has 6 aliphatic heterocycles. The number of aliphatic imine (C=N–C) groups is 2. The summed E-state index contributed by atoms with van der Waals surface area (Å²) in [6.07, 6.45) is 6.41. The summed E-state index contributed by atoms with van der Waals surface area (Å²) in [6, 6.07) is 27.4. The number of nitrogens with zero attached hydrogens (tertiary/aromatic N) is 11. The molecule has 0 spiro atoms. The van der Waals surface area contributed by atoms with Gasteiger partial charge in [-0.3, -0.25) is 74.5 Å². The first-order valence-corrected chi connectivity index (χ1v) is 52.5. The van der Waals surface area contributed by atoms with Gasteiger partial charge in [0.25, 0.3) is 34.3 Å². The van der Waals surface area contributed by atoms with Gasteiger partial charge in [0, 0.05) is 153 Å². The first-order valence-electron chi connectivity index (χ1n) is 31.8. The number of carbonyl (C=O) groups is 1. The zero-order valence-electron chi connectivity index (χ0n) is 60.6. The molecule has 0 saturated heterocycles. The predicted molar refractivity (Wildman–Crippen MR) is 477 cm³/mol. The molecule has 37 nitrogen and oxygen atoms in total. The Morgan fingerprint density at radius 2 is 1.00 bits per heavy atom. The number of carbonyl (C=O) groups excluding carboxylic acids is 1. The first-order chi connectivity index (χ1) is 55.4. The fourth-order valence-electron chi connectivity index (χ4n) is 9.20. The van der Waals surface area contributed by atoms with E-state index in [0.29, 0.717) is 108 Å². The number of nitrogens with one attached hydrogen (secondary N) is 3. The fourth-order valence-corrected chi connectivity index (χ4v) is 44.5. The van der Waals surface area contributed by atoms with Crippen LogP contribution in [-0.4, -0.2) is 147 Å². The highest BCUT2D eigenvalue weighted by molar-refractivity contribution is 14.1. The second kappa shape index (κ2) is 50.9. The van der Waals surface area contributed by atoms with Gasteiger partial charge in [-0.25, -0.2) is 9.97 Å². The van der Waals surface area contributed by atoms with E-state index >= 15 is 0 Å². The van der Waals surface area contributed by atoms with Gasteiger partial charge in [0.1, 0.15) is 79.1 Å². The summed E-state index contributed by atoms with van der Waals surface area (Å²) in [5.41, 5.74) is 16.7. The van der Waals surface area contributed by atoms with E-state index in [4.69, 9.17) is 93.6 Å². The monoisotopic (exact) mass is 1950 g/mol. The normalized spacial score (nSPS) is 13.2. The lowest BCUT2D eigenvalue weighted by Crippen LogP contribution is -2.28. The third-order valence-electron chi connectivity index (χ3n) is 14.3. The van der Waals surface area contributed by atoms with Crippen molar-refractivity contribution < 1.29 is 76.8 Å². The van der Waals surface area contributed by atoms with E-state index in [9.17, 15) is 55.4 Å². The zero-order valence-corrected chi connectivity index (χ0v) is 74.5. The Morgan fingerprint density at radius 1 is 0.574 bits per heavy atom. The van der Waals surface area contributed by atoms with E-state index in [-0.39, 0.29) is 60.8 Å². The number of imidazole rings is 2. The van der Waals surface area contributed by atoms with Crippen LogP contribution >= 0.6 is 50.7 Å². The maximum atomic E-state index is 10.9. The molecule has 52 heteroatoms. The van der Waals surface area contributed by atoms with Crippen LogP contribution in [0.25, 0.3) is 11.4 Å². The van der Waals surface area contributed by atoms with Crippen LogP contribution in [0.1, 0.15) is 18.6 Å². The molecule has 0 saturated carbocycles. The second-order valence-electron chi connectivity index (χ2n) is 21.6. The van der Waals surface area contributed by atoms with Crippen molar-refractivity contribution in [3.63, 3.8) is 0 Å². The molecular formula is C63H67IN16O21P4S10. The molecule has 6 aliphatic rings. The number of amides is 1. The average Bonchev–Trinajstić information content (AvgIpc) is 1.72. The standard InChI is InChI=1S/C12H15N3O5.C10H7N3O3.C10H9N3O.2C9H8N2O3.C8H6N2O4.C4H11NO2.CH3I.P4S10/c1-18-12(19-2)6-13-11-7-20-10-4-3-8(15(16)17)5-9(10)14-11;14-13(15)7-1-2-9-8(5-7)12-4-3-11-10(12)6-16-9;11-7-1-2-9-8(5-7)13-4-3-12-10(13)6-14-9;2*1-6-5-14-9-3-2-7(11(12)13)4-8(9)10-6;11-8-4-14-7-2-1-5(10(12)13)3-6(7)9-8;1-6-4(3-5)7-2;1-2;5-1-4(2-6)3-8-10-12-14-13-11-9-7/h3-5,12H,6-7H2,1-2H3,(H,13,14);1-5H,6H2;1-5H,6,11H2;2-4H,5H2,1H3;2-4,10H,1,5H2;1-3H,4H2,(H,9,11);4H,3,5H2,1-2H3;1H3;. The van der Waals surface area contributed by atoms with E-state index < -0.39 is 30.9 Å². The fraction of sp³-hybridized carbons (Fsp3) is 0.254. The number of fused-ring (bicyclic) bond motifs is 10. The van der Waals surface area contributed by atoms with Crippen LogP contribution in [0.4, 0.5) is 56.9 Å². The van der Waals surface area contributed by atoms with Crippen molar-refractivity contribution in [2.75, 3.05) is 94.6 Å². The number of alkyl halides is 1. The van der Waals surface area contributed by atoms with Gasteiger partial charge in [0.2, 0.25) is 0 Å². The predicted octanol–water partition coefficient (Wildman–Crippen LogP) is 13.4. The number of nitrogen functional groups attached to an aromatic ring is 1. The minimum absolute atomic E-state index is 0.00670. The van der Waals surface area contributed by atoms with E-state index in [1.807, 2.05) is 50.3 Å². The number of ether oxygens (including phenoxy) is 10. The van der Waals surface area contributed by atoms with Gasteiger partial charge in [-0.2, -0.15) is 0 Å². The molecule has 0 aliphatic carbocycles. The first kappa shape index (κ1) is 95.4. The third kappa shape index (κ3) is 30.8. The topological polar surface area (TPSA) is 474 Å². The summed E-state index contributed by atoms with van der Waals surface area (Å²) in [5, 5.41) is 61.2. The lowest BCUT2D eigenvalue weighted by molar-refractivity contribution is -0.385. The van der Waals surface area contributed by atoms with Crippen molar-refractivity contribution >= 4 is 223 Å². The number of benzene rings is 6. The van der Waals surface area contributed by atoms with Crippen molar-refractivity contribution in [1.29, 1.82) is 0 Å². The number of hydrogen-bond acceptors (Lipinski definition) is 31. The molecule has 8 aromatic rings. The summed E-state index contributed by atoms with van der Waals surface area (Å²) in [4.78, 5) is 80.1. The molecule has 8 heterocycles. The van der Waals surface area contributed by atoms with Gasteiger partial charge >= 0.3 is 0 Å². The van der Waals surface area contributed by atoms with Gasteiger partial charge in [0.05, 0.1) is 72.3 Å². The number of aromatic nitrogens is 4. The third-order valence-corrected chi connectivity index (χ3v) is 48.1. The number of hydrogen-bond donors (Lipinski definition) is 5. The lowest BCUT2D eigenvalue weighted by atomic mass is 10.2. The number of nitro benzene ring substituents is 5. The molecule has 0 fully saturated rings. The summed E-state index contributed by atoms with van der Waals surface area (Å²) in [6.45, 7) is 8.04. The number of rotatable bonds is 15. The van der Waals surface area contributed by atoms with Crippen LogP contribution in [0, 0.1) is 50.6 Å². The SMILES string of the molecule is C=C1COc2ccc([N+](=O)[O-])cc2N1.CC1=Nc2cc([N+](=O)[O-])ccc2OC1.CI.COC(CN)OC.COC(CN=C1COc2ccc([N+](=O)[O-])cc2N1)OC.Nc1ccc2c(c1)-n1ccnc1CO2.O=C1COc2ccc([N+](=O)[O-])cc2N1.O=[N+]([O-])c1ccc2c(c1)-n1ccnc1CO2.S=PP(P=S)P=S=S=S=S=S=S=S=S. The number of non-ortho nitro benzene ring substituents is 5. The van der Waals surface area contributed by atoms with E-state index in [0.717, 1.165) is 48.6 Å². The van der Waals surface area contributed by atoms with Gasteiger partial charge in [-0.05, 0) is 134 Å². The molecule has 0 unspecified atom stereocenters. The Bertz CT molecular complexity index is 5180. The Morgan fingerprint density at radius 3 is 1.50 bits per heavy atom. The van der Waals surface area contributed by atoms with Crippen molar-refractivity contribution in [3.8, 4) is 45.9 Å². The van der Waals surface area contributed by atoms with Crippen LogP contribution in [0.15, 0.2) is 156 Å². The Kier molecular flexibility index (Phi) is 42.2. The highest BCUT2D eigenvalue weighted by atomic mass is 127. The zero-order chi connectivity index (χ0) is 83.9. The van der Waals surface area contributed by atoms with Gasteiger partial charge in [0.15, 0.2) is 30.8 Å². The molecule has 2 aromatic heterocycles. The van der Waals surface area contributed by atoms with E-state index in [1.54, 1.807) is 106 Å². The summed E-state index contributed by atoms with van der Waals surface area (Å²) < 4.78 is 55.3. The highest BCUT2D eigenvalue weighted by Crippen LogP contribution is 2.69. The number of methoxy groups -OCH3 is 4. The number of halogens is 1. The van der Waals surface area contributed by atoms with Gasteiger partial charge in [-0.15, -0.1) is 0 Å². The molecule has 612 valence electrons. The number of nitrogens with two attached hydrogens (primary N) is 2. The van der Waals surface area contributed by atoms with E-state index in [1.165, 1.54) is 96.9 Å². The van der Waals surface area contributed by atoms with Crippen molar-refractivity contribution in [2.45, 2.75) is 32.7 Å². The number of nitro groups is 5. The van der Waals surface area contributed by atoms with Crippen molar-refractivity contribution in [1.82, 2.24) is 19.1 Å². The number of anilines is 4. The van der Waals surface area contributed by atoms with Crippen LogP contribution in [-0.2, 0) is 135 Å². The maximum absolute atomic E-state index is 10.9. The summed E-state index contributed by atoms with van der Waals surface area (Å²) in [5.74, 6) is 5.62. The molecule has 115 heavy (non-hydrogen) atoms. The molecule has 14 rings (SSSR count). The summed E-state index contributed by atoms with van der Waals surface area (Å²) in [7, 11) is 21.4. The minimum atomic E-state index is -0.527. The largest absolute Gasteiger partial charge is 0.485 e. The van der Waals surface area contributed by atoms with Crippen LogP contribution in [0.3, 0.4) is 0 Å². The number of amidine groups is 1. The average molecular weight is 1960 g/mol. The van der Waals surface area contributed by atoms with Crippen LogP contribution in [0.5, 0.6) is 34.5 Å². The molecular weight excluding hydrogens is 1890 g/mol. The molecule has 0 atom stereocenters. The van der Waals surface area contributed by atoms with Crippen LogP contribution in [0.2, 0.25) is 0 Å². The highest BCUT2D eigenvalue weighted by Gasteiger charge is 2.24. The Balaban J connectivity index is 0.000000206. The second-order valence-corrected chi connectivity index (χ2v) is 47.5. The molecule has 7 N–H and O–H groups in total. The molecule has 0 bridgehead atoms.